The van der Waals surface area contributed by atoms with Crippen molar-refractivity contribution in [1.82, 2.24) is 10.2 Å². The molecule has 3 heterocycles. The monoisotopic (exact) mass is 449 g/mol. The average Bonchev–Trinajstić information content (AvgIpc) is 3.28. The van der Waals surface area contributed by atoms with Crippen LogP contribution in [0.5, 0.6) is 0 Å². The molecule has 0 spiro atoms. The van der Waals surface area contributed by atoms with Crippen LogP contribution >= 0.6 is 23.1 Å². The van der Waals surface area contributed by atoms with Gasteiger partial charge in [0.15, 0.2) is 0 Å². The number of carbonyl (C=O) groups excluding carboxylic acids is 1. The quantitative estimate of drug-likeness (QED) is 0.540. The van der Waals surface area contributed by atoms with Gasteiger partial charge < -0.3 is 10.2 Å². The second-order valence-electron chi connectivity index (χ2n) is 8.02. The summed E-state index contributed by atoms with van der Waals surface area (Å²) in [4.78, 5) is 21.1. The summed E-state index contributed by atoms with van der Waals surface area (Å²) in [6.07, 6.45) is 0.987. The highest BCUT2D eigenvalue weighted by molar-refractivity contribution is 7.98. The lowest BCUT2D eigenvalue weighted by molar-refractivity contribution is 0.0955. The summed E-state index contributed by atoms with van der Waals surface area (Å²) in [5.74, 6) is 1.02. The smallest absolute Gasteiger partial charge is 0.261 e. The van der Waals surface area contributed by atoms with Gasteiger partial charge in [-0.3, -0.25) is 9.69 Å². The molecule has 0 bridgehead atoms. The predicted molar refractivity (Wildman–Crippen MR) is 131 cm³/mol. The van der Waals surface area contributed by atoms with E-state index in [4.69, 9.17) is 0 Å². The van der Waals surface area contributed by atoms with Crippen LogP contribution in [0.4, 0.5) is 5.69 Å². The maximum absolute atomic E-state index is 12.7. The molecule has 5 rings (SSSR count). The minimum atomic E-state index is 0.0655. The van der Waals surface area contributed by atoms with Gasteiger partial charge in [0.2, 0.25) is 0 Å². The number of para-hydroxylation sites is 1. The molecule has 1 aromatic heterocycles. The summed E-state index contributed by atoms with van der Waals surface area (Å²) in [5, 5.41) is 3.13. The van der Waals surface area contributed by atoms with Gasteiger partial charge in [0.05, 0.1) is 4.88 Å². The first-order valence-electron chi connectivity index (χ1n) is 10.9. The lowest BCUT2D eigenvalue weighted by Crippen LogP contribution is -2.47. The number of hydrogen-bond donors (Lipinski definition) is 1. The minimum Gasteiger partial charge on any atom is -0.369 e. The van der Waals surface area contributed by atoms with Gasteiger partial charge in [-0.15, -0.1) is 23.1 Å². The second kappa shape index (κ2) is 9.47. The highest BCUT2D eigenvalue weighted by Crippen LogP contribution is 2.45. The number of benzene rings is 2. The summed E-state index contributed by atoms with van der Waals surface area (Å²) in [7, 11) is 0. The molecule has 0 unspecified atom stereocenters. The van der Waals surface area contributed by atoms with Gasteiger partial charge in [-0.2, -0.15) is 0 Å². The van der Waals surface area contributed by atoms with Crippen molar-refractivity contribution in [3.05, 3.63) is 71.1 Å². The highest BCUT2D eigenvalue weighted by Gasteiger charge is 2.22. The number of carbonyl (C=O) groups is 1. The zero-order valence-corrected chi connectivity index (χ0v) is 19.2. The van der Waals surface area contributed by atoms with E-state index in [0.29, 0.717) is 0 Å². The molecule has 1 amide bonds. The van der Waals surface area contributed by atoms with E-state index < -0.39 is 0 Å². The minimum absolute atomic E-state index is 0.0655. The molecule has 0 atom stereocenters. The van der Waals surface area contributed by atoms with Gasteiger partial charge in [-0.25, -0.2) is 0 Å². The van der Waals surface area contributed by atoms with E-state index >= 15 is 0 Å². The number of nitrogens with zero attached hydrogens (tertiary/aromatic N) is 2. The molecule has 1 fully saturated rings. The third kappa shape index (κ3) is 4.66. The van der Waals surface area contributed by atoms with Crippen LogP contribution in [0.2, 0.25) is 0 Å². The van der Waals surface area contributed by atoms with Crippen LogP contribution in [0.15, 0.2) is 65.6 Å². The van der Waals surface area contributed by atoms with Gasteiger partial charge in [-0.1, -0.05) is 36.4 Å². The van der Waals surface area contributed by atoms with E-state index in [0.717, 1.165) is 56.3 Å². The molecule has 31 heavy (non-hydrogen) atoms. The number of anilines is 1. The summed E-state index contributed by atoms with van der Waals surface area (Å²) in [6.45, 7) is 6.06. The standard InChI is InChI=1S/C25H27N3OS2/c29-25(23-17-19-18-30-22-10-5-4-9-21(22)24(19)31-23)26-11-6-12-27-13-15-28(16-14-27)20-7-2-1-3-8-20/h1-5,7-10,17H,6,11-16,18H2,(H,26,29). The molecule has 1 N–H and O–H groups in total. The first-order valence-corrected chi connectivity index (χ1v) is 12.7. The van der Waals surface area contributed by atoms with Crippen LogP contribution < -0.4 is 10.2 Å². The van der Waals surface area contributed by atoms with E-state index in [1.54, 1.807) is 11.3 Å². The molecule has 1 saturated heterocycles. The second-order valence-corrected chi connectivity index (χ2v) is 10.1. The summed E-state index contributed by atoms with van der Waals surface area (Å²) in [5.41, 5.74) is 3.87. The normalized spacial score (nSPS) is 15.9. The van der Waals surface area contributed by atoms with Gasteiger partial charge in [-0.05, 0) is 42.8 Å². The van der Waals surface area contributed by atoms with Crippen LogP contribution in [-0.2, 0) is 5.75 Å². The Bertz CT molecular complexity index is 1040. The number of amides is 1. The molecule has 3 aromatic rings. The van der Waals surface area contributed by atoms with E-state index in [9.17, 15) is 4.79 Å². The Hall–Kier alpha value is -2.28. The van der Waals surface area contributed by atoms with Crippen molar-refractivity contribution in [2.45, 2.75) is 17.1 Å². The summed E-state index contributed by atoms with van der Waals surface area (Å²) in [6, 6.07) is 21.2. The maximum Gasteiger partial charge on any atom is 0.261 e. The molecule has 0 radical (unpaired) electrons. The summed E-state index contributed by atoms with van der Waals surface area (Å²) < 4.78 is 0. The molecule has 0 saturated carbocycles. The van der Waals surface area contributed by atoms with Crippen molar-refractivity contribution in [1.29, 1.82) is 0 Å². The van der Waals surface area contributed by atoms with Crippen LogP contribution in [0, 0.1) is 0 Å². The average molecular weight is 450 g/mol. The lowest BCUT2D eigenvalue weighted by atomic mass is 10.1. The number of hydrogen-bond acceptors (Lipinski definition) is 5. The fraction of sp³-hybridized carbons (Fsp3) is 0.320. The van der Waals surface area contributed by atoms with Gasteiger partial charge in [0, 0.05) is 59.5 Å². The zero-order chi connectivity index (χ0) is 21.0. The number of thioether (sulfide) groups is 1. The van der Waals surface area contributed by atoms with Crippen molar-refractivity contribution in [2.75, 3.05) is 44.2 Å². The molecule has 2 aliphatic rings. The highest BCUT2D eigenvalue weighted by atomic mass is 32.2. The lowest BCUT2D eigenvalue weighted by Gasteiger charge is -2.36. The number of nitrogens with one attached hydrogen (secondary N) is 1. The van der Waals surface area contributed by atoms with Crippen molar-refractivity contribution < 1.29 is 4.79 Å². The van der Waals surface area contributed by atoms with E-state index in [2.05, 4.69) is 75.8 Å². The van der Waals surface area contributed by atoms with Crippen LogP contribution in [0.3, 0.4) is 0 Å². The van der Waals surface area contributed by atoms with Crippen molar-refractivity contribution in [3.8, 4) is 10.4 Å². The van der Waals surface area contributed by atoms with Gasteiger partial charge >= 0.3 is 0 Å². The Morgan fingerprint density at radius 2 is 1.74 bits per heavy atom. The van der Waals surface area contributed by atoms with E-state index in [-0.39, 0.29) is 5.91 Å². The van der Waals surface area contributed by atoms with Gasteiger partial charge in [0.25, 0.3) is 5.91 Å². The van der Waals surface area contributed by atoms with Gasteiger partial charge in [0.1, 0.15) is 0 Å². The zero-order valence-electron chi connectivity index (χ0n) is 17.5. The van der Waals surface area contributed by atoms with Crippen LogP contribution in [0.25, 0.3) is 10.4 Å². The fourth-order valence-corrected chi connectivity index (χ4v) is 6.60. The largest absolute Gasteiger partial charge is 0.369 e. The number of rotatable bonds is 6. The van der Waals surface area contributed by atoms with Crippen molar-refractivity contribution >= 4 is 34.7 Å². The Morgan fingerprint density at radius 1 is 0.968 bits per heavy atom. The maximum atomic E-state index is 12.7. The third-order valence-electron chi connectivity index (χ3n) is 5.98. The van der Waals surface area contributed by atoms with Crippen molar-refractivity contribution in [3.63, 3.8) is 0 Å². The molecule has 2 aromatic carbocycles. The molecule has 6 heteroatoms. The SMILES string of the molecule is O=C(NCCCN1CCN(c2ccccc2)CC1)c1cc2c(s1)-c1ccccc1SC2. The Balaban J connectivity index is 1.08. The molecule has 160 valence electrons. The van der Waals surface area contributed by atoms with E-state index in [1.807, 2.05) is 11.8 Å². The van der Waals surface area contributed by atoms with E-state index in [1.165, 1.54) is 26.6 Å². The third-order valence-corrected chi connectivity index (χ3v) is 8.31. The number of thiophene rings is 1. The Labute approximate surface area is 192 Å². The topological polar surface area (TPSA) is 35.6 Å². The first-order chi connectivity index (χ1) is 15.3. The summed E-state index contributed by atoms with van der Waals surface area (Å²) >= 11 is 3.49. The fourth-order valence-electron chi connectivity index (χ4n) is 4.27. The Kier molecular flexibility index (Phi) is 6.30. The molecule has 0 aliphatic carbocycles. The number of piperazine rings is 1. The predicted octanol–water partition coefficient (Wildman–Crippen LogP) is 4.96. The molecule has 2 aliphatic heterocycles. The Morgan fingerprint density at radius 3 is 2.58 bits per heavy atom. The first kappa shape index (κ1) is 20.6. The van der Waals surface area contributed by atoms with Crippen LogP contribution in [-0.4, -0.2) is 50.1 Å². The molecule has 4 nitrogen and oxygen atoms in total. The van der Waals surface area contributed by atoms with Crippen LogP contribution in [0.1, 0.15) is 21.7 Å². The number of fused-ring (bicyclic) bond motifs is 3. The van der Waals surface area contributed by atoms with Crippen molar-refractivity contribution in [2.24, 2.45) is 0 Å². The molecular weight excluding hydrogens is 422 g/mol. The molecular formula is C25H27N3OS2.